The third-order valence-corrected chi connectivity index (χ3v) is 6.93. The number of carbonyl (C=O) groups excluding carboxylic acids is 1. The average molecular weight is 248 g/mol. The standard InChI is InChI=1S/C16H24O2/c1-8-5-14-13-7-10(15(14)9(8)2)6-12(13)11-3-4-18-16(11)17/h8-15H,3-7H2,1-2H3. The van der Waals surface area contributed by atoms with E-state index in [1.165, 1.54) is 19.3 Å². The van der Waals surface area contributed by atoms with Gasteiger partial charge in [-0.1, -0.05) is 13.8 Å². The number of hydrogen-bond donors (Lipinski definition) is 0. The Balaban J connectivity index is 1.57. The molecule has 8 unspecified atom stereocenters. The number of esters is 1. The summed E-state index contributed by atoms with van der Waals surface area (Å²) in [5.41, 5.74) is 0. The van der Waals surface area contributed by atoms with Crippen molar-refractivity contribution in [3.8, 4) is 0 Å². The normalized spacial score (nSPS) is 58.0. The van der Waals surface area contributed by atoms with Crippen molar-refractivity contribution in [1.29, 1.82) is 0 Å². The molecule has 8 atom stereocenters. The number of hydrogen-bond acceptors (Lipinski definition) is 2. The van der Waals surface area contributed by atoms with Crippen molar-refractivity contribution >= 4 is 5.97 Å². The summed E-state index contributed by atoms with van der Waals surface area (Å²) in [6.07, 6.45) is 5.16. The van der Waals surface area contributed by atoms with E-state index in [9.17, 15) is 4.79 Å². The molecule has 3 saturated carbocycles. The van der Waals surface area contributed by atoms with Crippen molar-refractivity contribution in [2.24, 2.45) is 47.3 Å². The first-order chi connectivity index (χ1) is 8.66. The van der Waals surface area contributed by atoms with Crippen LogP contribution in [0.15, 0.2) is 0 Å². The first-order valence-corrected chi connectivity index (χ1v) is 7.83. The first-order valence-electron chi connectivity index (χ1n) is 7.83. The van der Waals surface area contributed by atoms with Crippen molar-refractivity contribution < 1.29 is 9.53 Å². The molecule has 0 aromatic carbocycles. The molecule has 4 rings (SSSR count). The van der Waals surface area contributed by atoms with Crippen LogP contribution in [-0.4, -0.2) is 12.6 Å². The molecule has 2 heteroatoms. The molecule has 0 radical (unpaired) electrons. The highest BCUT2D eigenvalue weighted by Crippen LogP contribution is 2.65. The van der Waals surface area contributed by atoms with Crippen molar-refractivity contribution in [2.45, 2.75) is 39.5 Å². The van der Waals surface area contributed by atoms with Gasteiger partial charge < -0.3 is 4.74 Å². The molecule has 1 heterocycles. The van der Waals surface area contributed by atoms with Gasteiger partial charge in [-0.05, 0) is 67.1 Å². The highest BCUT2D eigenvalue weighted by Gasteiger charge is 2.60. The van der Waals surface area contributed by atoms with Gasteiger partial charge in [0.1, 0.15) is 0 Å². The minimum Gasteiger partial charge on any atom is -0.465 e. The highest BCUT2D eigenvalue weighted by atomic mass is 16.5. The molecule has 2 bridgehead atoms. The van der Waals surface area contributed by atoms with Crippen molar-refractivity contribution in [2.75, 3.05) is 6.61 Å². The minimum atomic E-state index is 0.114. The molecule has 0 spiro atoms. The maximum Gasteiger partial charge on any atom is 0.309 e. The summed E-state index contributed by atoms with van der Waals surface area (Å²) in [7, 11) is 0. The molecular formula is C16H24O2. The van der Waals surface area contributed by atoms with Crippen LogP contribution in [-0.2, 0) is 9.53 Å². The maximum absolute atomic E-state index is 11.8. The summed E-state index contributed by atoms with van der Waals surface area (Å²) in [5.74, 6) is 6.56. The molecule has 0 aromatic heterocycles. The fourth-order valence-corrected chi connectivity index (χ4v) is 6.12. The Labute approximate surface area is 109 Å². The van der Waals surface area contributed by atoms with Crippen LogP contribution in [0.1, 0.15) is 39.5 Å². The SMILES string of the molecule is CC1CC2C3CC(CC3C3CCOC3=O)C2C1C. The van der Waals surface area contributed by atoms with E-state index in [0.717, 1.165) is 41.9 Å². The smallest absolute Gasteiger partial charge is 0.309 e. The van der Waals surface area contributed by atoms with Crippen molar-refractivity contribution in [1.82, 2.24) is 0 Å². The van der Waals surface area contributed by atoms with Crippen LogP contribution in [0.25, 0.3) is 0 Å². The monoisotopic (exact) mass is 248 g/mol. The zero-order valence-corrected chi connectivity index (χ0v) is 11.5. The van der Waals surface area contributed by atoms with Crippen LogP contribution in [0.3, 0.4) is 0 Å². The molecule has 2 nitrogen and oxygen atoms in total. The first kappa shape index (κ1) is 11.3. The van der Waals surface area contributed by atoms with Gasteiger partial charge in [-0.2, -0.15) is 0 Å². The van der Waals surface area contributed by atoms with E-state index in [1.54, 1.807) is 0 Å². The minimum absolute atomic E-state index is 0.114. The molecule has 18 heavy (non-hydrogen) atoms. The molecule has 3 aliphatic carbocycles. The zero-order valence-electron chi connectivity index (χ0n) is 11.5. The third-order valence-electron chi connectivity index (χ3n) is 6.93. The molecule has 100 valence electrons. The molecule has 4 aliphatic rings. The number of fused-ring (bicyclic) bond motifs is 5. The number of ether oxygens (including phenoxy) is 1. The molecule has 0 N–H and O–H groups in total. The molecule has 1 saturated heterocycles. The number of cyclic esters (lactones) is 1. The summed E-state index contributed by atoms with van der Waals surface area (Å²) < 4.78 is 5.20. The molecule has 0 aromatic rings. The van der Waals surface area contributed by atoms with Crippen molar-refractivity contribution in [3.05, 3.63) is 0 Å². The third kappa shape index (κ3) is 1.32. The zero-order chi connectivity index (χ0) is 12.4. The Kier molecular flexibility index (Phi) is 2.35. The average Bonchev–Trinajstić information content (AvgIpc) is 3.04. The largest absolute Gasteiger partial charge is 0.465 e. The van der Waals surface area contributed by atoms with Gasteiger partial charge in [0.25, 0.3) is 0 Å². The lowest BCUT2D eigenvalue weighted by Crippen LogP contribution is -2.32. The number of rotatable bonds is 1. The fraction of sp³-hybridized carbons (Fsp3) is 0.938. The second-order valence-electron chi connectivity index (χ2n) is 7.44. The molecule has 0 amide bonds. The Morgan fingerprint density at radius 3 is 2.56 bits per heavy atom. The van der Waals surface area contributed by atoms with Crippen LogP contribution >= 0.6 is 0 Å². The Bertz CT molecular complexity index is 377. The van der Waals surface area contributed by atoms with Gasteiger partial charge in [0.2, 0.25) is 0 Å². The van der Waals surface area contributed by atoms with E-state index in [1.807, 2.05) is 0 Å². The van der Waals surface area contributed by atoms with Crippen LogP contribution < -0.4 is 0 Å². The van der Waals surface area contributed by atoms with E-state index in [0.29, 0.717) is 12.5 Å². The molecule has 1 aliphatic heterocycles. The Morgan fingerprint density at radius 1 is 1.06 bits per heavy atom. The van der Waals surface area contributed by atoms with E-state index in [2.05, 4.69) is 13.8 Å². The summed E-state index contributed by atoms with van der Waals surface area (Å²) >= 11 is 0. The predicted octanol–water partition coefficient (Wildman–Crippen LogP) is 3.11. The van der Waals surface area contributed by atoms with Gasteiger partial charge in [0.05, 0.1) is 12.5 Å². The lowest BCUT2D eigenvalue weighted by molar-refractivity contribution is -0.143. The fourth-order valence-electron chi connectivity index (χ4n) is 6.12. The second kappa shape index (κ2) is 3.74. The van der Waals surface area contributed by atoms with Gasteiger partial charge in [0.15, 0.2) is 0 Å². The summed E-state index contributed by atoms with van der Waals surface area (Å²) in [4.78, 5) is 11.8. The van der Waals surface area contributed by atoms with Gasteiger partial charge in [-0.25, -0.2) is 0 Å². The second-order valence-corrected chi connectivity index (χ2v) is 7.44. The van der Waals surface area contributed by atoms with E-state index >= 15 is 0 Å². The number of carbonyl (C=O) groups is 1. The van der Waals surface area contributed by atoms with Crippen LogP contribution in [0.2, 0.25) is 0 Å². The quantitative estimate of drug-likeness (QED) is 0.666. The van der Waals surface area contributed by atoms with E-state index in [-0.39, 0.29) is 11.9 Å². The summed E-state index contributed by atoms with van der Waals surface area (Å²) in [6.45, 7) is 5.58. The van der Waals surface area contributed by atoms with E-state index in [4.69, 9.17) is 4.74 Å². The van der Waals surface area contributed by atoms with Crippen molar-refractivity contribution in [3.63, 3.8) is 0 Å². The highest BCUT2D eigenvalue weighted by molar-refractivity contribution is 5.74. The van der Waals surface area contributed by atoms with Crippen LogP contribution in [0, 0.1) is 47.3 Å². The summed E-state index contributed by atoms with van der Waals surface area (Å²) in [5, 5.41) is 0. The lowest BCUT2D eigenvalue weighted by atomic mass is 9.69. The Morgan fingerprint density at radius 2 is 1.83 bits per heavy atom. The Hall–Kier alpha value is -0.530. The van der Waals surface area contributed by atoms with Crippen LogP contribution in [0.5, 0.6) is 0 Å². The van der Waals surface area contributed by atoms with Crippen LogP contribution in [0.4, 0.5) is 0 Å². The summed E-state index contributed by atoms with van der Waals surface area (Å²) in [6, 6.07) is 0. The van der Waals surface area contributed by atoms with Gasteiger partial charge in [-0.3, -0.25) is 4.79 Å². The van der Waals surface area contributed by atoms with Gasteiger partial charge in [0, 0.05) is 0 Å². The van der Waals surface area contributed by atoms with Gasteiger partial charge in [-0.15, -0.1) is 0 Å². The van der Waals surface area contributed by atoms with Gasteiger partial charge >= 0.3 is 5.97 Å². The topological polar surface area (TPSA) is 26.3 Å². The molecular weight excluding hydrogens is 224 g/mol. The maximum atomic E-state index is 11.8. The predicted molar refractivity (Wildman–Crippen MR) is 68.7 cm³/mol. The van der Waals surface area contributed by atoms with E-state index < -0.39 is 0 Å². The molecule has 4 fully saturated rings. The lowest BCUT2D eigenvalue weighted by Gasteiger charge is -2.35.